The molecule has 0 saturated heterocycles. The summed E-state index contributed by atoms with van der Waals surface area (Å²) in [5.74, 6) is 0.482. The Kier molecular flexibility index (Phi) is 8.23. The van der Waals surface area contributed by atoms with Crippen LogP contribution in [0.5, 0.6) is 5.75 Å². The van der Waals surface area contributed by atoms with Gasteiger partial charge in [-0.3, -0.25) is 0 Å². The molecule has 0 radical (unpaired) electrons. The maximum Gasteiger partial charge on any atom is 0.124 e. The van der Waals surface area contributed by atoms with Crippen LogP contribution >= 0.6 is 0 Å². The van der Waals surface area contributed by atoms with Gasteiger partial charge in [-0.25, -0.2) is 4.39 Å². The van der Waals surface area contributed by atoms with Gasteiger partial charge in [0.25, 0.3) is 0 Å². The highest BCUT2D eigenvalue weighted by Gasteiger charge is 2.12. The van der Waals surface area contributed by atoms with E-state index in [-0.39, 0.29) is 11.9 Å². The largest absolute Gasteiger partial charge is 0.491 e. The number of benzene rings is 1. The van der Waals surface area contributed by atoms with Gasteiger partial charge in [0.05, 0.1) is 6.61 Å². The Labute approximate surface area is 121 Å². The van der Waals surface area contributed by atoms with Crippen LogP contribution in [0.2, 0.25) is 0 Å². The third-order valence-corrected chi connectivity index (χ3v) is 3.08. The first-order valence-corrected chi connectivity index (χ1v) is 7.42. The molecule has 0 amide bonds. The number of ether oxygens (including phenoxy) is 2. The summed E-state index contributed by atoms with van der Waals surface area (Å²) in [5.41, 5.74) is 0.848. The number of hydrogen-bond acceptors (Lipinski definition) is 3. The maximum absolute atomic E-state index is 13.4. The second-order valence-corrected chi connectivity index (χ2v) is 4.78. The molecule has 0 heterocycles. The number of halogens is 1. The third kappa shape index (κ3) is 5.88. The lowest BCUT2D eigenvalue weighted by molar-refractivity contribution is 0.0975. The van der Waals surface area contributed by atoms with Crippen LogP contribution in [0.15, 0.2) is 18.2 Å². The van der Waals surface area contributed by atoms with Crippen LogP contribution in [0.4, 0.5) is 4.39 Å². The molecule has 1 N–H and O–H groups in total. The zero-order valence-electron chi connectivity index (χ0n) is 12.7. The highest BCUT2D eigenvalue weighted by Crippen LogP contribution is 2.26. The molecule has 0 fully saturated rings. The van der Waals surface area contributed by atoms with E-state index in [1.54, 1.807) is 6.07 Å². The van der Waals surface area contributed by atoms with Gasteiger partial charge >= 0.3 is 0 Å². The van der Waals surface area contributed by atoms with Crippen molar-refractivity contribution in [2.75, 3.05) is 26.4 Å². The minimum absolute atomic E-state index is 0.0618. The maximum atomic E-state index is 13.4. The summed E-state index contributed by atoms with van der Waals surface area (Å²) in [5, 5.41) is 3.27. The Bertz CT molecular complexity index is 385. The summed E-state index contributed by atoms with van der Waals surface area (Å²) in [6.07, 6.45) is 2.20. The minimum atomic E-state index is -0.240. The standard InChI is InChI=1S/C16H26FNO2/c1-4-6-9-19-10-11-20-16-8-7-14(17)12-15(16)13(3)18-5-2/h7-8,12-13,18H,4-6,9-11H2,1-3H3. The Morgan fingerprint density at radius 3 is 2.70 bits per heavy atom. The molecular formula is C16H26FNO2. The Hall–Kier alpha value is -1.13. The molecule has 4 heteroatoms. The van der Waals surface area contributed by atoms with Gasteiger partial charge < -0.3 is 14.8 Å². The summed E-state index contributed by atoms with van der Waals surface area (Å²) in [6, 6.07) is 4.70. The van der Waals surface area contributed by atoms with Crippen molar-refractivity contribution in [1.29, 1.82) is 0 Å². The van der Waals surface area contributed by atoms with Crippen molar-refractivity contribution < 1.29 is 13.9 Å². The van der Waals surface area contributed by atoms with Crippen molar-refractivity contribution in [3.05, 3.63) is 29.6 Å². The second kappa shape index (κ2) is 9.72. The van der Waals surface area contributed by atoms with E-state index in [0.717, 1.165) is 37.3 Å². The molecule has 0 aliphatic carbocycles. The quantitative estimate of drug-likeness (QED) is 0.664. The van der Waals surface area contributed by atoms with E-state index < -0.39 is 0 Å². The van der Waals surface area contributed by atoms with E-state index in [1.807, 2.05) is 13.8 Å². The molecule has 0 aliphatic rings. The smallest absolute Gasteiger partial charge is 0.124 e. The molecule has 1 aromatic carbocycles. The highest BCUT2D eigenvalue weighted by molar-refractivity contribution is 5.36. The monoisotopic (exact) mass is 283 g/mol. The van der Waals surface area contributed by atoms with Gasteiger partial charge in [0.1, 0.15) is 18.2 Å². The van der Waals surface area contributed by atoms with Gasteiger partial charge in [-0.1, -0.05) is 20.3 Å². The van der Waals surface area contributed by atoms with E-state index in [0.29, 0.717) is 13.2 Å². The zero-order chi connectivity index (χ0) is 14.8. The van der Waals surface area contributed by atoms with E-state index in [4.69, 9.17) is 9.47 Å². The first-order valence-electron chi connectivity index (χ1n) is 7.42. The minimum Gasteiger partial charge on any atom is -0.491 e. The van der Waals surface area contributed by atoms with E-state index >= 15 is 0 Å². The molecule has 1 atom stereocenters. The van der Waals surface area contributed by atoms with Crippen molar-refractivity contribution in [2.45, 2.75) is 39.7 Å². The average molecular weight is 283 g/mol. The average Bonchev–Trinajstić information content (AvgIpc) is 2.44. The molecule has 0 aliphatic heterocycles. The number of rotatable bonds is 10. The first kappa shape index (κ1) is 16.9. The van der Waals surface area contributed by atoms with Gasteiger partial charge in [0.2, 0.25) is 0 Å². The van der Waals surface area contributed by atoms with E-state index in [9.17, 15) is 4.39 Å². The van der Waals surface area contributed by atoms with E-state index in [2.05, 4.69) is 12.2 Å². The summed E-state index contributed by atoms with van der Waals surface area (Å²) in [4.78, 5) is 0. The summed E-state index contributed by atoms with van der Waals surface area (Å²) < 4.78 is 24.5. The summed E-state index contributed by atoms with van der Waals surface area (Å²) in [6.45, 7) is 8.81. The van der Waals surface area contributed by atoms with Crippen molar-refractivity contribution in [2.24, 2.45) is 0 Å². The van der Waals surface area contributed by atoms with Gasteiger partial charge in [-0.2, -0.15) is 0 Å². The number of unbranched alkanes of at least 4 members (excludes halogenated alkanes) is 1. The predicted molar refractivity (Wildman–Crippen MR) is 79.7 cm³/mol. The van der Waals surface area contributed by atoms with Crippen molar-refractivity contribution in [1.82, 2.24) is 5.32 Å². The van der Waals surface area contributed by atoms with E-state index in [1.165, 1.54) is 12.1 Å². The van der Waals surface area contributed by atoms with Crippen LogP contribution in [0.25, 0.3) is 0 Å². The van der Waals surface area contributed by atoms with Crippen LogP contribution < -0.4 is 10.1 Å². The zero-order valence-corrected chi connectivity index (χ0v) is 12.7. The molecule has 1 aromatic rings. The number of nitrogens with one attached hydrogen (secondary N) is 1. The fourth-order valence-corrected chi connectivity index (χ4v) is 1.96. The molecule has 114 valence electrons. The van der Waals surface area contributed by atoms with Gasteiger partial charge in [0, 0.05) is 18.2 Å². The van der Waals surface area contributed by atoms with Gasteiger partial charge in [-0.05, 0) is 38.1 Å². The number of hydrogen-bond donors (Lipinski definition) is 1. The molecule has 0 bridgehead atoms. The Balaban J connectivity index is 2.51. The van der Waals surface area contributed by atoms with Gasteiger partial charge in [0.15, 0.2) is 0 Å². The van der Waals surface area contributed by atoms with Gasteiger partial charge in [-0.15, -0.1) is 0 Å². The Morgan fingerprint density at radius 1 is 1.20 bits per heavy atom. The van der Waals surface area contributed by atoms with Crippen LogP contribution in [0.3, 0.4) is 0 Å². The molecule has 1 unspecified atom stereocenters. The molecule has 0 aromatic heterocycles. The van der Waals surface area contributed by atoms with Crippen LogP contribution in [-0.2, 0) is 4.74 Å². The summed E-state index contributed by atoms with van der Waals surface area (Å²) in [7, 11) is 0. The molecule has 1 rings (SSSR count). The lowest BCUT2D eigenvalue weighted by Gasteiger charge is -2.18. The fraction of sp³-hybridized carbons (Fsp3) is 0.625. The third-order valence-electron chi connectivity index (χ3n) is 3.08. The highest BCUT2D eigenvalue weighted by atomic mass is 19.1. The molecule has 20 heavy (non-hydrogen) atoms. The van der Waals surface area contributed by atoms with Crippen LogP contribution in [0.1, 0.15) is 45.2 Å². The van der Waals surface area contributed by atoms with Crippen LogP contribution in [0, 0.1) is 5.82 Å². The van der Waals surface area contributed by atoms with Crippen molar-refractivity contribution in [3.63, 3.8) is 0 Å². The Morgan fingerprint density at radius 2 is 2.00 bits per heavy atom. The molecular weight excluding hydrogens is 257 g/mol. The lowest BCUT2D eigenvalue weighted by atomic mass is 10.1. The normalized spacial score (nSPS) is 12.4. The van der Waals surface area contributed by atoms with Crippen molar-refractivity contribution in [3.8, 4) is 5.75 Å². The molecule has 0 spiro atoms. The first-order chi connectivity index (χ1) is 9.69. The molecule has 0 saturated carbocycles. The van der Waals surface area contributed by atoms with Crippen molar-refractivity contribution >= 4 is 0 Å². The SMILES string of the molecule is CCCCOCCOc1ccc(F)cc1C(C)NCC. The van der Waals surface area contributed by atoms with Crippen LogP contribution in [-0.4, -0.2) is 26.4 Å². The molecule has 3 nitrogen and oxygen atoms in total. The predicted octanol–water partition coefficient (Wildman–Crippen LogP) is 3.69. The lowest BCUT2D eigenvalue weighted by Crippen LogP contribution is -2.19. The fourth-order valence-electron chi connectivity index (χ4n) is 1.96. The topological polar surface area (TPSA) is 30.5 Å². The second-order valence-electron chi connectivity index (χ2n) is 4.78. The summed E-state index contributed by atoms with van der Waals surface area (Å²) >= 11 is 0.